The first-order valence-corrected chi connectivity index (χ1v) is 15.1. The van der Waals surface area contributed by atoms with Crippen molar-refractivity contribution in [2.45, 2.75) is 63.6 Å². The lowest BCUT2D eigenvalue weighted by molar-refractivity contribution is -0.109. The minimum absolute atomic E-state index is 0.268. The first-order chi connectivity index (χ1) is 14.0. The number of aldehydes is 1. The van der Waals surface area contributed by atoms with Crippen LogP contribution in [-0.2, 0) is 20.7 Å². The van der Waals surface area contributed by atoms with Crippen LogP contribution in [0, 0.1) is 0 Å². The van der Waals surface area contributed by atoms with Gasteiger partial charge in [0.25, 0.3) is 0 Å². The van der Waals surface area contributed by atoms with Crippen LogP contribution in [0.4, 0.5) is 0 Å². The van der Waals surface area contributed by atoms with E-state index < -0.39 is 8.32 Å². The Kier molecular flexibility index (Phi) is 14.6. The van der Waals surface area contributed by atoms with Crippen LogP contribution in [0.5, 0.6) is 0 Å². The number of carbonyl (C=O) groups excluding carboxylic acids is 1. The van der Waals surface area contributed by atoms with Gasteiger partial charge in [0, 0.05) is 11.5 Å². The average molecular weight is 463 g/mol. The van der Waals surface area contributed by atoms with Crippen molar-refractivity contribution in [3.05, 3.63) is 83.6 Å². The maximum atomic E-state index is 10.6. The van der Waals surface area contributed by atoms with Crippen molar-refractivity contribution < 1.29 is 9.22 Å². The van der Waals surface area contributed by atoms with E-state index in [9.17, 15) is 4.79 Å². The molecule has 0 heterocycles. The fourth-order valence-corrected chi connectivity index (χ4v) is 3.35. The van der Waals surface area contributed by atoms with Crippen molar-refractivity contribution >= 4 is 39.0 Å². The van der Waals surface area contributed by atoms with Gasteiger partial charge in [-0.2, -0.15) is 12.6 Å². The second-order valence-electron chi connectivity index (χ2n) is 8.56. The minimum Gasteiger partial charge on any atom is -0.550 e. The molecule has 0 bridgehead atoms. The highest BCUT2D eigenvalue weighted by Gasteiger charge is 2.16. The molecular formula is C25H38O2S2Si. The molecule has 0 saturated heterocycles. The molecule has 0 spiro atoms. The van der Waals surface area contributed by atoms with E-state index in [1.165, 1.54) is 16.7 Å². The molecule has 2 nitrogen and oxygen atoms in total. The molecule has 5 heteroatoms. The van der Waals surface area contributed by atoms with Gasteiger partial charge in [-0.1, -0.05) is 60.7 Å². The number of thiol groups is 1. The Morgan fingerprint density at radius 1 is 0.967 bits per heavy atom. The Balaban J connectivity index is 0.000000438. The highest BCUT2D eigenvalue weighted by molar-refractivity contribution is 8.00. The van der Waals surface area contributed by atoms with Crippen LogP contribution in [0.2, 0.25) is 19.6 Å². The lowest BCUT2D eigenvalue weighted by atomic mass is 10.2. The van der Waals surface area contributed by atoms with Crippen molar-refractivity contribution in [3.8, 4) is 0 Å². The standard InChI is InChI=1S/C11H14OS.C7H16OSi.C7H8S/c1-11(2,9-12)13-8-10-6-4-3-5-7-10;1-7(2)6-8-9(3,4)5;8-6-7-4-2-1-3-5-7/h3-7,9H,8H2,1-2H3;6H,1-5H3;1-5,8H,6H2. The fourth-order valence-electron chi connectivity index (χ4n) is 1.76. The second kappa shape index (κ2) is 15.4. The van der Waals surface area contributed by atoms with E-state index in [-0.39, 0.29) is 4.75 Å². The quantitative estimate of drug-likeness (QED) is 0.197. The van der Waals surface area contributed by atoms with Crippen molar-refractivity contribution in [1.82, 2.24) is 0 Å². The van der Waals surface area contributed by atoms with Crippen molar-refractivity contribution in [3.63, 3.8) is 0 Å². The highest BCUT2D eigenvalue weighted by atomic mass is 32.2. The predicted octanol–water partition coefficient (Wildman–Crippen LogP) is 7.78. The SMILES string of the molecule is CC(C)(C=O)SCc1ccccc1.CC(C)=CO[Si](C)(C)C.SCc1ccccc1. The third-order valence-corrected chi connectivity index (χ3v) is 5.92. The van der Waals surface area contributed by atoms with Crippen LogP contribution in [0.3, 0.4) is 0 Å². The Bertz CT molecular complexity index is 720. The maximum Gasteiger partial charge on any atom is 0.241 e. The van der Waals surface area contributed by atoms with Gasteiger partial charge >= 0.3 is 0 Å². The van der Waals surface area contributed by atoms with Crippen LogP contribution in [0.15, 0.2) is 72.5 Å². The van der Waals surface area contributed by atoms with Crippen LogP contribution in [0.1, 0.15) is 38.8 Å². The Morgan fingerprint density at radius 3 is 1.73 bits per heavy atom. The van der Waals surface area contributed by atoms with Crippen molar-refractivity contribution in [2.75, 3.05) is 0 Å². The van der Waals surface area contributed by atoms with Gasteiger partial charge in [0.05, 0.1) is 11.0 Å². The first kappa shape index (κ1) is 28.6. The molecule has 2 aromatic carbocycles. The molecule has 30 heavy (non-hydrogen) atoms. The zero-order chi connectivity index (χ0) is 23.0. The van der Waals surface area contributed by atoms with E-state index in [0.29, 0.717) is 0 Å². The van der Waals surface area contributed by atoms with Gasteiger partial charge in [0.2, 0.25) is 8.32 Å². The number of hydrogen-bond donors (Lipinski definition) is 1. The van der Waals surface area contributed by atoms with Gasteiger partial charge < -0.3 is 9.22 Å². The van der Waals surface area contributed by atoms with E-state index >= 15 is 0 Å². The fraction of sp³-hybridized carbons (Fsp3) is 0.400. The highest BCUT2D eigenvalue weighted by Crippen LogP contribution is 2.25. The summed E-state index contributed by atoms with van der Waals surface area (Å²) < 4.78 is 5.20. The molecule has 0 radical (unpaired) electrons. The summed E-state index contributed by atoms with van der Waals surface area (Å²) in [6.07, 6.45) is 2.85. The summed E-state index contributed by atoms with van der Waals surface area (Å²) in [5.41, 5.74) is 3.77. The van der Waals surface area contributed by atoms with E-state index in [4.69, 9.17) is 4.43 Å². The lowest BCUT2D eigenvalue weighted by Gasteiger charge is -2.15. The maximum absolute atomic E-state index is 10.6. The molecule has 0 saturated carbocycles. The smallest absolute Gasteiger partial charge is 0.241 e. The van der Waals surface area contributed by atoms with Crippen LogP contribution >= 0.6 is 24.4 Å². The molecule has 0 aliphatic rings. The van der Waals surface area contributed by atoms with Crippen molar-refractivity contribution in [1.29, 1.82) is 0 Å². The second-order valence-corrected chi connectivity index (χ2v) is 15.0. The number of benzene rings is 2. The normalized spacial score (nSPS) is 10.5. The Hall–Kier alpha value is -1.43. The summed E-state index contributed by atoms with van der Waals surface area (Å²) in [5.74, 6) is 1.73. The van der Waals surface area contributed by atoms with Gasteiger partial charge in [0.15, 0.2) is 0 Å². The average Bonchev–Trinajstić information content (AvgIpc) is 2.73. The topological polar surface area (TPSA) is 26.3 Å². The summed E-state index contributed by atoms with van der Waals surface area (Å²) in [6.45, 7) is 14.5. The molecule has 0 aliphatic heterocycles. The molecule has 0 amide bonds. The molecule has 0 aromatic heterocycles. The van der Waals surface area contributed by atoms with Gasteiger partial charge in [-0.3, -0.25) is 0 Å². The van der Waals surface area contributed by atoms with Crippen LogP contribution in [-0.4, -0.2) is 19.4 Å². The zero-order valence-corrected chi connectivity index (χ0v) is 22.2. The van der Waals surface area contributed by atoms with E-state index in [0.717, 1.165) is 17.8 Å². The summed E-state index contributed by atoms with van der Waals surface area (Å²) in [4.78, 5) is 10.6. The number of allylic oxidation sites excluding steroid dienone is 1. The number of carbonyl (C=O) groups is 1. The molecule has 166 valence electrons. The van der Waals surface area contributed by atoms with Gasteiger partial charge in [-0.15, -0.1) is 11.8 Å². The molecule has 0 unspecified atom stereocenters. The summed E-state index contributed by atoms with van der Waals surface area (Å²) >= 11 is 5.77. The summed E-state index contributed by atoms with van der Waals surface area (Å²) in [5, 5.41) is 0. The van der Waals surface area contributed by atoms with Crippen LogP contribution < -0.4 is 0 Å². The zero-order valence-electron chi connectivity index (χ0n) is 19.5. The Labute approximate surface area is 195 Å². The number of rotatable bonds is 7. The van der Waals surface area contributed by atoms with E-state index in [1.807, 2.05) is 70.4 Å². The first-order valence-electron chi connectivity index (χ1n) is 10.1. The largest absolute Gasteiger partial charge is 0.550 e. The summed E-state index contributed by atoms with van der Waals surface area (Å²) in [6, 6.07) is 20.4. The molecule has 2 aromatic rings. The molecule has 2 rings (SSSR count). The monoisotopic (exact) mass is 462 g/mol. The number of hydrogen-bond acceptors (Lipinski definition) is 4. The molecule has 0 aliphatic carbocycles. The molecular weight excluding hydrogens is 424 g/mol. The van der Waals surface area contributed by atoms with Crippen LogP contribution in [0.25, 0.3) is 0 Å². The minimum atomic E-state index is -1.30. The number of thioether (sulfide) groups is 1. The molecule has 0 N–H and O–H groups in total. The molecule has 0 fully saturated rings. The van der Waals surface area contributed by atoms with Gasteiger partial charge in [-0.25, -0.2) is 0 Å². The molecule has 0 atom stereocenters. The van der Waals surface area contributed by atoms with E-state index in [2.05, 4.69) is 56.5 Å². The third kappa shape index (κ3) is 17.4. The lowest BCUT2D eigenvalue weighted by Crippen LogP contribution is -2.22. The van der Waals surface area contributed by atoms with Crippen molar-refractivity contribution in [2.24, 2.45) is 0 Å². The predicted molar refractivity (Wildman–Crippen MR) is 141 cm³/mol. The third-order valence-electron chi connectivity index (χ3n) is 3.41. The van der Waals surface area contributed by atoms with E-state index in [1.54, 1.807) is 11.8 Å². The Morgan fingerprint density at radius 2 is 1.43 bits per heavy atom. The van der Waals surface area contributed by atoms with Gasteiger partial charge in [-0.05, 0) is 64.0 Å². The van der Waals surface area contributed by atoms with Gasteiger partial charge in [0.1, 0.15) is 6.29 Å². The summed E-state index contributed by atoms with van der Waals surface area (Å²) in [7, 11) is -1.30.